The third-order valence-corrected chi connectivity index (χ3v) is 7.48. The number of carbonyl (C=O) groups is 1. The fraction of sp³-hybridized carbons (Fsp3) is 0.440. The summed E-state index contributed by atoms with van der Waals surface area (Å²) in [6.07, 6.45) is 2.79. The Labute approximate surface area is 188 Å². The lowest BCUT2D eigenvalue weighted by molar-refractivity contribution is -0.117. The molecule has 0 spiro atoms. The number of hydrogen-bond donors (Lipinski definition) is 1. The molecule has 2 aliphatic rings. The van der Waals surface area contributed by atoms with Crippen molar-refractivity contribution in [2.75, 3.05) is 42.9 Å². The Morgan fingerprint density at radius 3 is 2.74 bits per heavy atom. The highest BCUT2D eigenvalue weighted by atomic mass is 32.1. The first-order valence-electron chi connectivity index (χ1n) is 11.2. The molecule has 0 unspecified atom stereocenters. The molecule has 2 aromatic carbocycles. The molecule has 0 atom stereocenters. The van der Waals surface area contributed by atoms with Gasteiger partial charge in [0.1, 0.15) is 5.82 Å². The number of benzene rings is 2. The maximum Gasteiger partial charge on any atom is 0.225 e. The van der Waals surface area contributed by atoms with Gasteiger partial charge in [-0.3, -0.25) is 9.69 Å². The Kier molecular flexibility index (Phi) is 5.44. The van der Waals surface area contributed by atoms with Gasteiger partial charge >= 0.3 is 0 Å². The van der Waals surface area contributed by atoms with Crippen molar-refractivity contribution in [1.82, 2.24) is 9.27 Å². The zero-order chi connectivity index (χ0) is 21.4. The Morgan fingerprint density at radius 1 is 1.10 bits per heavy atom. The van der Waals surface area contributed by atoms with E-state index in [9.17, 15) is 4.79 Å². The van der Waals surface area contributed by atoms with Crippen molar-refractivity contribution >= 4 is 39.0 Å². The van der Waals surface area contributed by atoms with Crippen molar-refractivity contribution in [3.63, 3.8) is 0 Å². The second-order valence-electron chi connectivity index (χ2n) is 9.42. The Morgan fingerprint density at radius 2 is 1.90 bits per heavy atom. The number of aromatic nitrogens is 1. The number of amides is 1. The lowest BCUT2D eigenvalue weighted by Gasteiger charge is -2.35. The second kappa shape index (κ2) is 8.24. The summed E-state index contributed by atoms with van der Waals surface area (Å²) < 4.78 is 5.99. The topological polar surface area (TPSA) is 48.5 Å². The Balaban J connectivity index is 1.14. The highest BCUT2D eigenvalue weighted by molar-refractivity contribution is 7.13. The van der Waals surface area contributed by atoms with E-state index in [0.29, 0.717) is 6.42 Å². The van der Waals surface area contributed by atoms with Crippen LogP contribution in [0.15, 0.2) is 42.5 Å². The number of aryl methyl sites for hydroxylation is 1. The maximum atomic E-state index is 11.9. The van der Waals surface area contributed by atoms with Gasteiger partial charge < -0.3 is 10.2 Å². The van der Waals surface area contributed by atoms with E-state index >= 15 is 0 Å². The summed E-state index contributed by atoms with van der Waals surface area (Å²) in [5, 5.41) is 4.31. The summed E-state index contributed by atoms with van der Waals surface area (Å²) in [7, 11) is 0. The van der Waals surface area contributed by atoms with E-state index in [1.54, 1.807) is 11.5 Å². The fourth-order valence-corrected chi connectivity index (χ4v) is 5.69. The third kappa shape index (κ3) is 4.19. The van der Waals surface area contributed by atoms with Gasteiger partial charge in [-0.2, -0.15) is 4.37 Å². The lowest BCUT2D eigenvalue weighted by Crippen LogP contribution is -2.46. The Bertz CT molecular complexity index is 1100. The van der Waals surface area contributed by atoms with E-state index in [0.717, 1.165) is 57.1 Å². The van der Waals surface area contributed by atoms with Crippen molar-refractivity contribution in [2.24, 2.45) is 0 Å². The van der Waals surface area contributed by atoms with Crippen LogP contribution in [0.5, 0.6) is 0 Å². The molecule has 0 radical (unpaired) electrons. The summed E-state index contributed by atoms with van der Waals surface area (Å²) in [5.74, 6) is 1.28. The summed E-state index contributed by atoms with van der Waals surface area (Å²) in [4.78, 5) is 16.9. The van der Waals surface area contributed by atoms with Crippen molar-refractivity contribution in [3.05, 3.63) is 53.6 Å². The number of rotatable bonds is 5. The minimum absolute atomic E-state index is 0.0934. The first kappa shape index (κ1) is 20.5. The molecule has 3 aromatic rings. The molecule has 31 heavy (non-hydrogen) atoms. The van der Waals surface area contributed by atoms with Gasteiger partial charge in [0.25, 0.3) is 0 Å². The van der Waals surface area contributed by atoms with Crippen LogP contribution in [-0.2, 0) is 16.6 Å². The SMILES string of the molecule is CC1(C)CC(=O)Nc2ccc(CCCN3CCN(c4nsc5ccccc45)CC3)cc21. The average molecular weight is 435 g/mol. The molecule has 2 aliphatic heterocycles. The zero-order valence-electron chi connectivity index (χ0n) is 18.4. The van der Waals surface area contributed by atoms with E-state index in [1.165, 1.54) is 21.2 Å². The standard InChI is InChI=1S/C25H30N4OS/c1-25(2)17-23(30)26-21-10-9-18(16-20(21)25)6-5-11-28-12-14-29(15-13-28)24-19-7-3-4-8-22(19)31-27-24/h3-4,7-10,16H,5-6,11-15,17H2,1-2H3,(H,26,30). The maximum absolute atomic E-state index is 11.9. The largest absolute Gasteiger partial charge is 0.353 e. The number of carbonyl (C=O) groups excluding carboxylic acids is 1. The molecule has 1 amide bonds. The summed E-state index contributed by atoms with van der Waals surface area (Å²) >= 11 is 1.60. The quantitative estimate of drug-likeness (QED) is 0.634. The average Bonchev–Trinajstić information content (AvgIpc) is 3.18. The van der Waals surface area contributed by atoms with Crippen LogP contribution in [0.3, 0.4) is 0 Å². The third-order valence-electron chi connectivity index (χ3n) is 6.66. The van der Waals surface area contributed by atoms with Gasteiger partial charge in [-0.25, -0.2) is 0 Å². The molecule has 0 aliphatic carbocycles. The molecule has 0 saturated carbocycles. The van der Waals surface area contributed by atoms with E-state index in [-0.39, 0.29) is 11.3 Å². The highest BCUT2D eigenvalue weighted by Crippen LogP contribution is 2.37. The predicted octanol–water partition coefficient (Wildman–Crippen LogP) is 4.67. The van der Waals surface area contributed by atoms with Gasteiger partial charge in [0.2, 0.25) is 5.91 Å². The van der Waals surface area contributed by atoms with E-state index < -0.39 is 0 Å². The van der Waals surface area contributed by atoms with Crippen molar-refractivity contribution in [1.29, 1.82) is 0 Å². The molecule has 1 N–H and O–H groups in total. The van der Waals surface area contributed by atoms with Gasteiger partial charge in [-0.15, -0.1) is 0 Å². The number of hydrogen-bond acceptors (Lipinski definition) is 5. The lowest BCUT2D eigenvalue weighted by atomic mass is 9.77. The minimum atomic E-state index is -0.0934. The Hall–Kier alpha value is -2.44. The molecular formula is C25H30N4OS. The first-order chi connectivity index (χ1) is 15.0. The molecular weight excluding hydrogens is 404 g/mol. The predicted molar refractivity (Wildman–Crippen MR) is 129 cm³/mol. The fourth-order valence-electron chi connectivity index (χ4n) is 4.90. The summed E-state index contributed by atoms with van der Waals surface area (Å²) in [6, 6.07) is 15.1. The van der Waals surface area contributed by atoms with Crippen molar-refractivity contribution in [3.8, 4) is 0 Å². The molecule has 5 rings (SSSR count). The normalized spacial score (nSPS) is 18.8. The van der Waals surface area contributed by atoms with Crippen molar-refractivity contribution < 1.29 is 4.79 Å². The van der Waals surface area contributed by atoms with Gasteiger partial charge in [0, 0.05) is 49.1 Å². The molecule has 1 fully saturated rings. The van der Waals surface area contributed by atoms with Crippen molar-refractivity contribution in [2.45, 2.75) is 38.5 Å². The number of piperazine rings is 1. The van der Waals surface area contributed by atoms with E-state index in [2.05, 4.69) is 71.4 Å². The smallest absolute Gasteiger partial charge is 0.225 e. The van der Waals surface area contributed by atoms with Crippen LogP contribution in [0.1, 0.15) is 37.8 Å². The van der Waals surface area contributed by atoms with Gasteiger partial charge in [0.15, 0.2) is 0 Å². The molecule has 162 valence electrons. The molecule has 3 heterocycles. The van der Waals surface area contributed by atoms with Crippen LogP contribution in [0.4, 0.5) is 11.5 Å². The number of nitrogens with one attached hydrogen (secondary N) is 1. The number of anilines is 2. The monoisotopic (exact) mass is 434 g/mol. The highest BCUT2D eigenvalue weighted by Gasteiger charge is 2.31. The summed E-state index contributed by atoms with van der Waals surface area (Å²) in [5.41, 5.74) is 3.53. The van der Waals surface area contributed by atoms with Crippen LogP contribution >= 0.6 is 11.5 Å². The number of nitrogens with zero attached hydrogens (tertiary/aromatic N) is 3. The zero-order valence-corrected chi connectivity index (χ0v) is 19.2. The number of fused-ring (bicyclic) bond motifs is 2. The van der Waals surface area contributed by atoms with Gasteiger partial charge in [-0.05, 0) is 60.2 Å². The van der Waals surface area contributed by atoms with Gasteiger partial charge in [0.05, 0.1) is 4.70 Å². The van der Waals surface area contributed by atoms with Crippen LogP contribution in [0.25, 0.3) is 10.1 Å². The first-order valence-corrected chi connectivity index (χ1v) is 12.0. The van der Waals surface area contributed by atoms with E-state index in [1.807, 2.05) is 0 Å². The van der Waals surface area contributed by atoms with Crippen LogP contribution in [0.2, 0.25) is 0 Å². The molecule has 6 heteroatoms. The molecule has 1 saturated heterocycles. The van der Waals surface area contributed by atoms with Crippen LogP contribution in [0, 0.1) is 0 Å². The molecule has 1 aromatic heterocycles. The van der Waals surface area contributed by atoms with Crippen LogP contribution < -0.4 is 10.2 Å². The van der Waals surface area contributed by atoms with E-state index in [4.69, 9.17) is 4.37 Å². The minimum Gasteiger partial charge on any atom is -0.353 e. The van der Waals surface area contributed by atoms with Crippen LogP contribution in [-0.4, -0.2) is 47.9 Å². The summed E-state index contributed by atoms with van der Waals surface area (Å²) in [6.45, 7) is 9.73. The molecule has 0 bridgehead atoms. The van der Waals surface area contributed by atoms with Gasteiger partial charge in [-0.1, -0.05) is 38.1 Å². The second-order valence-corrected chi connectivity index (χ2v) is 10.2. The molecule has 5 nitrogen and oxygen atoms in total.